The number of carboxylic acids is 1. The summed E-state index contributed by atoms with van der Waals surface area (Å²) in [6, 6.07) is 15.0. The van der Waals surface area contributed by atoms with Gasteiger partial charge in [0.05, 0.1) is 17.9 Å². The van der Waals surface area contributed by atoms with Crippen LogP contribution in [0.1, 0.15) is 28.4 Å². The lowest BCUT2D eigenvalue weighted by Crippen LogP contribution is -2.25. The van der Waals surface area contributed by atoms with Crippen molar-refractivity contribution in [3.05, 3.63) is 65.7 Å². The molecule has 122 valence electrons. The van der Waals surface area contributed by atoms with Crippen molar-refractivity contribution in [1.29, 1.82) is 0 Å². The number of carbonyl (C=O) groups is 3. The SMILES string of the molecule is O=C1CC(C(=O)Nc2cccc(C(=O)O)c2)C(c2ccccc2)O1. The third-order valence-electron chi connectivity index (χ3n) is 3.85. The molecule has 0 bridgehead atoms. The van der Waals surface area contributed by atoms with E-state index in [0.717, 1.165) is 5.56 Å². The van der Waals surface area contributed by atoms with E-state index in [2.05, 4.69) is 5.32 Å². The largest absolute Gasteiger partial charge is 0.478 e. The predicted octanol–water partition coefficient (Wildman–Crippen LogP) is 2.63. The fraction of sp³-hybridized carbons (Fsp3) is 0.167. The predicted molar refractivity (Wildman–Crippen MR) is 85.4 cm³/mol. The zero-order chi connectivity index (χ0) is 17.1. The summed E-state index contributed by atoms with van der Waals surface area (Å²) in [5.41, 5.74) is 1.19. The smallest absolute Gasteiger partial charge is 0.335 e. The van der Waals surface area contributed by atoms with E-state index in [4.69, 9.17) is 9.84 Å². The molecule has 2 atom stereocenters. The lowest BCUT2D eigenvalue weighted by molar-refractivity contribution is -0.141. The Morgan fingerprint density at radius 3 is 2.54 bits per heavy atom. The van der Waals surface area contributed by atoms with Crippen molar-refractivity contribution in [3.63, 3.8) is 0 Å². The van der Waals surface area contributed by atoms with E-state index in [-0.39, 0.29) is 17.9 Å². The maximum Gasteiger partial charge on any atom is 0.335 e. The van der Waals surface area contributed by atoms with Gasteiger partial charge in [0.25, 0.3) is 0 Å². The van der Waals surface area contributed by atoms with Gasteiger partial charge in [-0.25, -0.2) is 4.79 Å². The first-order valence-corrected chi connectivity index (χ1v) is 7.43. The molecule has 1 fully saturated rings. The molecule has 24 heavy (non-hydrogen) atoms. The third kappa shape index (κ3) is 3.27. The number of carbonyl (C=O) groups excluding carboxylic acids is 2. The number of anilines is 1. The molecule has 3 rings (SSSR count). The standard InChI is InChI=1S/C18H15NO5/c20-15-10-14(16(24-15)11-5-2-1-3-6-11)17(21)19-13-8-4-7-12(9-13)18(22)23/h1-9,14,16H,10H2,(H,19,21)(H,22,23). The van der Waals surface area contributed by atoms with Crippen LogP contribution in [0.5, 0.6) is 0 Å². The van der Waals surface area contributed by atoms with E-state index in [1.54, 1.807) is 24.3 Å². The highest BCUT2D eigenvalue weighted by Gasteiger charge is 2.40. The summed E-state index contributed by atoms with van der Waals surface area (Å²) >= 11 is 0. The van der Waals surface area contributed by atoms with Gasteiger partial charge in [-0.1, -0.05) is 36.4 Å². The van der Waals surface area contributed by atoms with Crippen molar-refractivity contribution in [2.24, 2.45) is 5.92 Å². The van der Waals surface area contributed by atoms with Crippen molar-refractivity contribution in [2.75, 3.05) is 5.32 Å². The van der Waals surface area contributed by atoms with Gasteiger partial charge in [-0.05, 0) is 23.8 Å². The van der Waals surface area contributed by atoms with Crippen molar-refractivity contribution < 1.29 is 24.2 Å². The molecule has 1 amide bonds. The first-order chi connectivity index (χ1) is 11.5. The number of benzene rings is 2. The van der Waals surface area contributed by atoms with E-state index in [0.29, 0.717) is 5.69 Å². The molecule has 2 aromatic rings. The number of hydrogen-bond acceptors (Lipinski definition) is 4. The van der Waals surface area contributed by atoms with E-state index in [1.807, 2.05) is 18.2 Å². The summed E-state index contributed by atoms with van der Waals surface area (Å²) in [6.07, 6.45) is -0.648. The summed E-state index contributed by atoms with van der Waals surface area (Å²) < 4.78 is 5.29. The third-order valence-corrected chi connectivity index (χ3v) is 3.85. The number of hydrogen-bond donors (Lipinski definition) is 2. The molecule has 2 unspecified atom stereocenters. The number of esters is 1. The Labute approximate surface area is 138 Å². The number of amides is 1. The average Bonchev–Trinajstić information content (AvgIpc) is 2.98. The summed E-state index contributed by atoms with van der Waals surface area (Å²) in [5.74, 6) is -2.54. The molecule has 1 aliphatic heterocycles. The van der Waals surface area contributed by atoms with E-state index < -0.39 is 24.0 Å². The van der Waals surface area contributed by atoms with Gasteiger partial charge in [0, 0.05) is 5.69 Å². The van der Waals surface area contributed by atoms with Gasteiger partial charge < -0.3 is 15.2 Å². The lowest BCUT2D eigenvalue weighted by Gasteiger charge is -2.17. The van der Waals surface area contributed by atoms with Gasteiger partial charge in [0.2, 0.25) is 5.91 Å². The summed E-state index contributed by atoms with van der Waals surface area (Å²) in [4.78, 5) is 35.2. The first-order valence-electron chi connectivity index (χ1n) is 7.43. The zero-order valence-corrected chi connectivity index (χ0v) is 12.6. The van der Waals surface area contributed by atoms with Crippen LogP contribution in [0.15, 0.2) is 54.6 Å². The zero-order valence-electron chi connectivity index (χ0n) is 12.6. The Hall–Kier alpha value is -3.15. The van der Waals surface area contributed by atoms with Crippen LogP contribution < -0.4 is 5.32 Å². The number of rotatable bonds is 4. The number of cyclic esters (lactones) is 1. The number of nitrogens with one attached hydrogen (secondary N) is 1. The molecule has 0 spiro atoms. The molecule has 1 saturated heterocycles. The second-order valence-corrected chi connectivity index (χ2v) is 5.51. The number of carboxylic acid groups (broad SMARTS) is 1. The maximum atomic E-state index is 12.5. The Morgan fingerprint density at radius 2 is 1.83 bits per heavy atom. The van der Waals surface area contributed by atoms with Gasteiger partial charge >= 0.3 is 11.9 Å². The van der Waals surface area contributed by atoms with Crippen LogP contribution >= 0.6 is 0 Å². The molecule has 6 nitrogen and oxygen atoms in total. The highest BCUT2D eigenvalue weighted by atomic mass is 16.6. The Bertz CT molecular complexity index is 787. The highest BCUT2D eigenvalue weighted by Crippen LogP contribution is 2.36. The van der Waals surface area contributed by atoms with Crippen LogP contribution in [0.2, 0.25) is 0 Å². The molecule has 2 N–H and O–H groups in total. The molecule has 1 aliphatic rings. The van der Waals surface area contributed by atoms with Crippen molar-refractivity contribution in [3.8, 4) is 0 Å². The minimum Gasteiger partial charge on any atom is -0.478 e. The minimum absolute atomic E-state index is 0.00991. The van der Waals surface area contributed by atoms with Crippen LogP contribution in [-0.4, -0.2) is 23.0 Å². The van der Waals surface area contributed by atoms with E-state index >= 15 is 0 Å². The summed E-state index contributed by atoms with van der Waals surface area (Å²) in [5, 5.41) is 11.7. The van der Waals surface area contributed by atoms with Crippen molar-refractivity contribution in [2.45, 2.75) is 12.5 Å². The van der Waals surface area contributed by atoms with Crippen molar-refractivity contribution in [1.82, 2.24) is 0 Å². The monoisotopic (exact) mass is 325 g/mol. The Balaban J connectivity index is 1.79. The maximum absolute atomic E-state index is 12.5. The first kappa shape index (κ1) is 15.7. The van der Waals surface area contributed by atoms with Crippen LogP contribution in [0.3, 0.4) is 0 Å². The molecule has 0 saturated carbocycles. The van der Waals surface area contributed by atoms with Gasteiger partial charge in [-0.15, -0.1) is 0 Å². The molecule has 0 aromatic heterocycles. The molecular weight excluding hydrogens is 310 g/mol. The normalized spacial score (nSPS) is 19.6. The topological polar surface area (TPSA) is 92.7 Å². The second kappa shape index (κ2) is 6.54. The second-order valence-electron chi connectivity index (χ2n) is 5.51. The van der Waals surface area contributed by atoms with Crippen LogP contribution in [0.25, 0.3) is 0 Å². The molecule has 2 aromatic carbocycles. The van der Waals surface area contributed by atoms with Crippen LogP contribution in [0.4, 0.5) is 5.69 Å². The van der Waals surface area contributed by atoms with Gasteiger partial charge in [0.1, 0.15) is 6.10 Å². The number of aromatic carboxylic acids is 1. The van der Waals surface area contributed by atoms with E-state index in [1.165, 1.54) is 12.1 Å². The van der Waals surface area contributed by atoms with Crippen LogP contribution in [0, 0.1) is 5.92 Å². The minimum atomic E-state index is -1.08. The molecule has 0 radical (unpaired) electrons. The highest BCUT2D eigenvalue weighted by molar-refractivity contribution is 5.97. The number of ether oxygens (including phenoxy) is 1. The summed E-state index contributed by atoms with van der Waals surface area (Å²) in [6.45, 7) is 0. The molecule has 1 heterocycles. The summed E-state index contributed by atoms with van der Waals surface area (Å²) in [7, 11) is 0. The van der Waals surface area contributed by atoms with Gasteiger partial charge in [-0.2, -0.15) is 0 Å². The average molecular weight is 325 g/mol. The lowest BCUT2D eigenvalue weighted by atomic mass is 9.94. The van der Waals surface area contributed by atoms with Gasteiger partial charge in [0.15, 0.2) is 0 Å². The fourth-order valence-corrected chi connectivity index (χ4v) is 2.70. The quantitative estimate of drug-likeness (QED) is 0.843. The Kier molecular flexibility index (Phi) is 4.29. The molecule has 6 heteroatoms. The Morgan fingerprint density at radius 1 is 1.08 bits per heavy atom. The van der Waals surface area contributed by atoms with Gasteiger partial charge in [-0.3, -0.25) is 9.59 Å². The molecular formula is C18H15NO5. The van der Waals surface area contributed by atoms with E-state index in [9.17, 15) is 14.4 Å². The van der Waals surface area contributed by atoms with Crippen LogP contribution in [-0.2, 0) is 14.3 Å². The van der Waals surface area contributed by atoms with Crippen molar-refractivity contribution >= 4 is 23.5 Å². The molecule has 0 aliphatic carbocycles. The fourth-order valence-electron chi connectivity index (χ4n) is 2.70.